The molecule has 0 fully saturated rings. The molecule has 1 aromatic rings. The highest BCUT2D eigenvalue weighted by Gasteiger charge is 2.25. The van der Waals surface area contributed by atoms with Crippen molar-refractivity contribution in [1.82, 2.24) is 4.72 Å². The number of ether oxygens (including phenoxy) is 1. The van der Waals surface area contributed by atoms with Crippen molar-refractivity contribution >= 4 is 38.4 Å². The van der Waals surface area contributed by atoms with Crippen LogP contribution in [0.4, 0.5) is 4.39 Å². The molecular formula is C13H21BrClFN2O3S. The van der Waals surface area contributed by atoms with E-state index in [1.165, 1.54) is 13.2 Å². The third-order valence-electron chi connectivity index (χ3n) is 2.86. The summed E-state index contributed by atoms with van der Waals surface area (Å²) in [5, 5.41) is 0. The van der Waals surface area contributed by atoms with Crippen LogP contribution in [0, 0.1) is 11.7 Å². The van der Waals surface area contributed by atoms with Crippen LogP contribution in [0.5, 0.6) is 5.75 Å². The number of benzene rings is 1. The van der Waals surface area contributed by atoms with E-state index in [1.807, 2.05) is 13.8 Å². The van der Waals surface area contributed by atoms with E-state index < -0.39 is 21.9 Å². The lowest BCUT2D eigenvalue weighted by Gasteiger charge is -2.20. The fraction of sp³-hybridized carbons (Fsp3) is 0.538. The lowest BCUT2D eigenvalue weighted by Crippen LogP contribution is -2.41. The maximum absolute atomic E-state index is 13.6. The highest BCUT2D eigenvalue weighted by molar-refractivity contribution is 9.10. The predicted molar refractivity (Wildman–Crippen MR) is 90.5 cm³/mol. The van der Waals surface area contributed by atoms with E-state index in [0.717, 1.165) is 6.07 Å². The van der Waals surface area contributed by atoms with Crippen LogP contribution >= 0.6 is 28.3 Å². The van der Waals surface area contributed by atoms with E-state index in [4.69, 9.17) is 10.5 Å². The molecule has 128 valence electrons. The van der Waals surface area contributed by atoms with Gasteiger partial charge in [0.2, 0.25) is 10.0 Å². The smallest absolute Gasteiger partial charge is 0.244 e. The van der Waals surface area contributed by atoms with Gasteiger partial charge >= 0.3 is 0 Å². The lowest BCUT2D eigenvalue weighted by molar-refractivity contribution is 0.398. The summed E-state index contributed by atoms with van der Waals surface area (Å²) in [5.74, 6) is -0.328. The van der Waals surface area contributed by atoms with Gasteiger partial charge in [0.1, 0.15) is 16.5 Å². The normalized spacial score (nSPS) is 12.9. The molecule has 1 unspecified atom stereocenters. The van der Waals surface area contributed by atoms with Gasteiger partial charge in [-0.05, 0) is 40.4 Å². The van der Waals surface area contributed by atoms with Crippen LogP contribution in [0.15, 0.2) is 21.5 Å². The first kappa shape index (κ1) is 21.6. The summed E-state index contributed by atoms with van der Waals surface area (Å²) in [5.41, 5.74) is 5.59. The quantitative estimate of drug-likeness (QED) is 0.712. The molecular weight excluding hydrogens is 399 g/mol. The highest BCUT2D eigenvalue weighted by Crippen LogP contribution is 2.30. The Morgan fingerprint density at radius 1 is 1.41 bits per heavy atom. The van der Waals surface area contributed by atoms with Crippen molar-refractivity contribution in [2.24, 2.45) is 11.7 Å². The van der Waals surface area contributed by atoms with Crippen molar-refractivity contribution in [2.75, 3.05) is 13.7 Å². The standard InChI is InChI=1S/C13H20BrFN2O3S.ClH/c1-8(2)4-9(7-16)17-21(18,19)13-6-11(15)10(14)5-12(13)20-3;/h5-6,8-9,17H,4,7,16H2,1-3H3;1H. The second kappa shape index (κ2) is 9.02. The number of nitrogens with two attached hydrogens (primary N) is 1. The van der Waals surface area contributed by atoms with Crippen LogP contribution in [0.3, 0.4) is 0 Å². The zero-order chi connectivity index (χ0) is 16.2. The molecule has 0 heterocycles. The summed E-state index contributed by atoms with van der Waals surface area (Å²) < 4.78 is 46.1. The minimum absolute atomic E-state index is 0. The first-order chi connectivity index (χ1) is 9.71. The lowest BCUT2D eigenvalue weighted by atomic mass is 10.1. The second-order valence-corrected chi connectivity index (χ2v) is 7.64. The molecule has 5 nitrogen and oxygen atoms in total. The van der Waals surface area contributed by atoms with E-state index >= 15 is 0 Å². The maximum Gasteiger partial charge on any atom is 0.244 e. The molecule has 1 rings (SSSR count). The molecule has 0 amide bonds. The van der Waals surface area contributed by atoms with E-state index in [0.29, 0.717) is 6.42 Å². The number of halogens is 3. The topological polar surface area (TPSA) is 81.4 Å². The van der Waals surface area contributed by atoms with Crippen molar-refractivity contribution in [2.45, 2.75) is 31.2 Å². The first-order valence-electron chi connectivity index (χ1n) is 6.46. The third-order valence-corrected chi connectivity index (χ3v) is 5.01. The van der Waals surface area contributed by atoms with Gasteiger partial charge in [0.05, 0.1) is 11.6 Å². The molecule has 0 bridgehead atoms. The van der Waals surface area contributed by atoms with E-state index in [2.05, 4.69) is 20.7 Å². The SMILES string of the molecule is COc1cc(Br)c(F)cc1S(=O)(=O)NC(CN)CC(C)C.Cl. The van der Waals surface area contributed by atoms with Gasteiger partial charge in [-0.1, -0.05) is 13.8 Å². The molecule has 22 heavy (non-hydrogen) atoms. The molecule has 9 heteroatoms. The Bertz CT molecular complexity index is 599. The predicted octanol–water partition coefficient (Wildman–Crippen LogP) is 2.67. The van der Waals surface area contributed by atoms with Crippen LogP contribution in [0.1, 0.15) is 20.3 Å². The van der Waals surface area contributed by atoms with Crippen molar-refractivity contribution in [3.8, 4) is 5.75 Å². The Morgan fingerprint density at radius 2 is 2.00 bits per heavy atom. The van der Waals surface area contributed by atoms with Crippen molar-refractivity contribution < 1.29 is 17.5 Å². The molecule has 0 radical (unpaired) electrons. The molecule has 0 aromatic heterocycles. The number of rotatable bonds is 7. The minimum Gasteiger partial charge on any atom is -0.495 e. The molecule has 0 aliphatic carbocycles. The van der Waals surface area contributed by atoms with Gasteiger partial charge in [-0.3, -0.25) is 0 Å². The number of hydrogen-bond acceptors (Lipinski definition) is 4. The van der Waals surface area contributed by atoms with Crippen LogP contribution in [-0.2, 0) is 10.0 Å². The Kier molecular flexibility index (Phi) is 8.86. The Hall–Kier alpha value is -0.410. The average molecular weight is 420 g/mol. The molecule has 1 aromatic carbocycles. The zero-order valence-corrected chi connectivity index (χ0v) is 15.8. The largest absolute Gasteiger partial charge is 0.495 e. The number of hydrogen-bond donors (Lipinski definition) is 2. The van der Waals surface area contributed by atoms with Gasteiger partial charge in [0, 0.05) is 12.6 Å². The van der Waals surface area contributed by atoms with Gasteiger partial charge in [-0.2, -0.15) is 0 Å². The van der Waals surface area contributed by atoms with Crippen molar-refractivity contribution in [1.29, 1.82) is 0 Å². The maximum atomic E-state index is 13.6. The molecule has 3 N–H and O–H groups in total. The van der Waals surface area contributed by atoms with Gasteiger partial charge < -0.3 is 10.5 Å². The molecule has 0 aliphatic rings. The summed E-state index contributed by atoms with van der Waals surface area (Å²) in [6.07, 6.45) is 0.594. The van der Waals surface area contributed by atoms with E-state index in [9.17, 15) is 12.8 Å². The summed E-state index contributed by atoms with van der Waals surface area (Å²) in [4.78, 5) is -0.243. The van der Waals surface area contributed by atoms with E-state index in [1.54, 1.807) is 0 Å². The molecule has 0 saturated carbocycles. The molecule has 0 aliphatic heterocycles. The zero-order valence-electron chi connectivity index (χ0n) is 12.6. The van der Waals surface area contributed by atoms with Gasteiger partial charge in [-0.15, -0.1) is 12.4 Å². The van der Waals surface area contributed by atoms with E-state index in [-0.39, 0.29) is 40.0 Å². The van der Waals surface area contributed by atoms with Crippen LogP contribution in [0.25, 0.3) is 0 Å². The van der Waals surface area contributed by atoms with Crippen LogP contribution < -0.4 is 15.2 Å². The second-order valence-electron chi connectivity index (χ2n) is 5.10. The summed E-state index contributed by atoms with van der Waals surface area (Å²) in [6, 6.07) is 1.80. The summed E-state index contributed by atoms with van der Waals surface area (Å²) >= 11 is 2.99. The Morgan fingerprint density at radius 3 is 2.45 bits per heavy atom. The van der Waals surface area contributed by atoms with Gasteiger partial charge in [-0.25, -0.2) is 17.5 Å². The average Bonchev–Trinajstić information content (AvgIpc) is 2.39. The van der Waals surface area contributed by atoms with Gasteiger partial charge in [0.25, 0.3) is 0 Å². The highest BCUT2D eigenvalue weighted by atomic mass is 79.9. The number of nitrogens with one attached hydrogen (secondary N) is 1. The van der Waals surface area contributed by atoms with Crippen LogP contribution in [-0.4, -0.2) is 28.1 Å². The summed E-state index contributed by atoms with van der Waals surface area (Å²) in [7, 11) is -2.59. The Labute approximate surface area is 145 Å². The fourth-order valence-electron chi connectivity index (χ4n) is 1.92. The monoisotopic (exact) mass is 418 g/mol. The number of sulfonamides is 1. The van der Waals surface area contributed by atoms with Crippen LogP contribution in [0.2, 0.25) is 0 Å². The molecule has 0 spiro atoms. The Balaban J connectivity index is 0.00000441. The molecule has 0 saturated heterocycles. The molecule has 1 atom stereocenters. The van der Waals surface area contributed by atoms with Crippen molar-refractivity contribution in [3.05, 3.63) is 22.4 Å². The number of methoxy groups -OCH3 is 1. The summed E-state index contributed by atoms with van der Waals surface area (Å²) in [6.45, 7) is 4.10. The third kappa shape index (κ3) is 5.66. The fourth-order valence-corrected chi connectivity index (χ4v) is 3.67. The minimum atomic E-state index is -3.92. The first-order valence-corrected chi connectivity index (χ1v) is 8.74. The van der Waals surface area contributed by atoms with Crippen molar-refractivity contribution in [3.63, 3.8) is 0 Å². The van der Waals surface area contributed by atoms with Gasteiger partial charge in [0.15, 0.2) is 0 Å².